The highest BCUT2D eigenvalue weighted by atomic mass is 35.5. The summed E-state index contributed by atoms with van der Waals surface area (Å²) in [4.78, 5) is 37.0. The number of aromatic amines is 2. The third-order valence-corrected chi connectivity index (χ3v) is 4.17. The van der Waals surface area contributed by atoms with Crippen molar-refractivity contribution in [1.82, 2.24) is 25.0 Å². The first-order chi connectivity index (χ1) is 13.3. The molecule has 12 heteroatoms. The largest absolute Gasteiger partial charge is 0.434 e. The lowest BCUT2D eigenvalue weighted by Gasteiger charge is -2.11. The quantitative estimate of drug-likeness (QED) is 0.650. The Labute approximate surface area is 165 Å². The molecule has 0 fully saturated rings. The number of rotatable bonds is 4. The molecule has 142 valence electrons. The molecule has 0 aliphatic heterocycles. The summed E-state index contributed by atoms with van der Waals surface area (Å²) in [6, 6.07) is 5.65. The zero-order chi connectivity index (χ0) is 20.4. The minimum Gasteiger partial charge on any atom is -0.434 e. The van der Waals surface area contributed by atoms with Crippen LogP contribution in [0.25, 0.3) is 5.69 Å². The highest BCUT2D eigenvalue weighted by Gasteiger charge is 2.16. The Bertz CT molecular complexity index is 1260. The van der Waals surface area contributed by atoms with Gasteiger partial charge in [0.05, 0.1) is 15.7 Å². The standard InChI is InChI=1S/C16H10Cl2N6O4/c1-2-7-3-12(21-22-14(7)25)28-13-9(17)4-8(5-10(13)18)24-16(27)20-15(26)11(6-19)23-24/h3-5H,2H2,1H3,(H,22,25)(H,20,26,27). The Morgan fingerprint density at radius 2 is 1.86 bits per heavy atom. The van der Waals surface area contributed by atoms with Crippen molar-refractivity contribution in [3.05, 3.63) is 70.7 Å². The molecule has 0 saturated carbocycles. The molecular formula is C16H10Cl2N6O4. The van der Waals surface area contributed by atoms with E-state index in [1.807, 2.05) is 4.98 Å². The Hall–Kier alpha value is -3.42. The number of halogens is 2. The van der Waals surface area contributed by atoms with Crippen LogP contribution in [0.15, 0.2) is 32.6 Å². The summed E-state index contributed by atoms with van der Waals surface area (Å²) in [5.74, 6) is 0.103. The molecule has 2 aromatic heterocycles. The minimum absolute atomic E-state index is 0.00644. The Kier molecular flexibility index (Phi) is 5.30. The van der Waals surface area contributed by atoms with Gasteiger partial charge < -0.3 is 4.74 Å². The number of aryl methyl sites for hydroxylation is 1. The lowest BCUT2D eigenvalue weighted by atomic mass is 10.2. The molecule has 2 heterocycles. The molecule has 0 spiro atoms. The molecule has 0 aliphatic carbocycles. The zero-order valence-electron chi connectivity index (χ0n) is 14.1. The molecule has 3 rings (SSSR count). The van der Waals surface area contributed by atoms with E-state index in [2.05, 4.69) is 15.3 Å². The molecule has 0 unspecified atom stereocenters. The van der Waals surface area contributed by atoms with Crippen LogP contribution in [0, 0.1) is 11.3 Å². The van der Waals surface area contributed by atoms with Crippen molar-refractivity contribution in [3.8, 4) is 23.4 Å². The first kappa shape index (κ1) is 19.3. The zero-order valence-corrected chi connectivity index (χ0v) is 15.6. The van der Waals surface area contributed by atoms with Crippen molar-refractivity contribution in [2.45, 2.75) is 13.3 Å². The van der Waals surface area contributed by atoms with Gasteiger partial charge >= 0.3 is 5.69 Å². The number of nitrogens with one attached hydrogen (secondary N) is 2. The van der Waals surface area contributed by atoms with E-state index in [9.17, 15) is 14.4 Å². The van der Waals surface area contributed by atoms with E-state index in [1.165, 1.54) is 18.2 Å². The maximum absolute atomic E-state index is 12.0. The summed E-state index contributed by atoms with van der Waals surface area (Å²) >= 11 is 12.4. The molecule has 1 aromatic carbocycles. The van der Waals surface area contributed by atoms with Crippen LogP contribution < -0.4 is 21.5 Å². The highest BCUT2D eigenvalue weighted by Crippen LogP contribution is 2.37. The van der Waals surface area contributed by atoms with Crippen molar-refractivity contribution >= 4 is 23.2 Å². The van der Waals surface area contributed by atoms with Gasteiger partial charge in [-0.2, -0.15) is 9.94 Å². The lowest BCUT2D eigenvalue weighted by Crippen LogP contribution is -2.33. The van der Waals surface area contributed by atoms with E-state index in [0.717, 1.165) is 4.68 Å². The van der Waals surface area contributed by atoms with Crippen LogP contribution in [-0.4, -0.2) is 25.0 Å². The fraction of sp³-hybridized carbons (Fsp3) is 0.125. The summed E-state index contributed by atoms with van der Waals surface area (Å²) in [5, 5.41) is 18.7. The predicted octanol–water partition coefficient (Wildman–Crippen LogP) is 1.54. The summed E-state index contributed by atoms with van der Waals surface area (Å²) in [6.45, 7) is 1.80. The van der Waals surface area contributed by atoms with E-state index >= 15 is 0 Å². The second kappa shape index (κ2) is 7.67. The van der Waals surface area contributed by atoms with Crippen LogP contribution in [0.2, 0.25) is 10.0 Å². The van der Waals surface area contributed by atoms with E-state index in [1.54, 1.807) is 13.0 Å². The van der Waals surface area contributed by atoms with Crippen LogP contribution in [0.4, 0.5) is 0 Å². The van der Waals surface area contributed by atoms with Crippen molar-refractivity contribution in [2.75, 3.05) is 0 Å². The summed E-state index contributed by atoms with van der Waals surface area (Å²) in [7, 11) is 0. The van der Waals surface area contributed by atoms with E-state index in [4.69, 9.17) is 33.2 Å². The van der Waals surface area contributed by atoms with Crippen molar-refractivity contribution in [1.29, 1.82) is 5.26 Å². The Morgan fingerprint density at radius 1 is 1.18 bits per heavy atom. The lowest BCUT2D eigenvalue weighted by molar-refractivity contribution is 0.453. The molecule has 0 atom stereocenters. The molecule has 0 radical (unpaired) electrons. The fourth-order valence-corrected chi connectivity index (χ4v) is 2.81. The average molecular weight is 421 g/mol. The normalized spacial score (nSPS) is 10.5. The minimum atomic E-state index is -0.906. The summed E-state index contributed by atoms with van der Waals surface area (Å²) < 4.78 is 6.33. The third-order valence-electron chi connectivity index (χ3n) is 3.61. The number of aromatic nitrogens is 5. The van der Waals surface area contributed by atoms with Gasteiger partial charge in [-0.25, -0.2) is 9.89 Å². The maximum Gasteiger partial charge on any atom is 0.349 e. The van der Waals surface area contributed by atoms with Gasteiger partial charge in [0.1, 0.15) is 6.07 Å². The second-order valence-corrected chi connectivity index (χ2v) is 6.20. The van der Waals surface area contributed by atoms with Gasteiger partial charge in [0, 0.05) is 11.6 Å². The number of hydrogen-bond acceptors (Lipinski definition) is 7. The van der Waals surface area contributed by atoms with Gasteiger partial charge in [-0.05, 0) is 18.6 Å². The molecule has 3 aromatic rings. The van der Waals surface area contributed by atoms with E-state index < -0.39 is 16.9 Å². The Balaban J connectivity index is 2.05. The maximum atomic E-state index is 12.0. The second-order valence-electron chi connectivity index (χ2n) is 5.39. The number of benzene rings is 1. The van der Waals surface area contributed by atoms with E-state index in [0.29, 0.717) is 12.0 Å². The van der Waals surface area contributed by atoms with Gasteiger partial charge in [0.15, 0.2) is 5.75 Å². The van der Waals surface area contributed by atoms with Gasteiger partial charge in [-0.15, -0.1) is 10.2 Å². The number of ether oxygens (including phenoxy) is 1. The van der Waals surface area contributed by atoms with Gasteiger partial charge in [-0.3, -0.25) is 14.6 Å². The molecule has 0 aliphatic rings. The predicted molar refractivity (Wildman–Crippen MR) is 99.5 cm³/mol. The van der Waals surface area contributed by atoms with Crippen LogP contribution in [-0.2, 0) is 6.42 Å². The Morgan fingerprint density at radius 3 is 2.46 bits per heavy atom. The molecule has 0 amide bonds. The van der Waals surface area contributed by atoms with Crippen LogP contribution in [0.3, 0.4) is 0 Å². The van der Waals surface area contributed by atoms with Crippen molar-refractivity contribution in [2.24, 2.45) is 0 Å². The summed E-state index contributed by atoms with van der Waals surface area (Å²) in [5.41, 5.74) is -2.06. The first-order valence-corrected chi connectivity index (χ1v) is 8.49. The monoisotopic (exact) mass is 420 g/mol. The summed E-state index contributed by atoms with van der Waals surface area (Å²) in [6.07, 6.45) is 0.469. The number of H-pyrrole nitrogens is 2. The van der Waals surface area contributed by atoms with Gasteiger partial charge in [0.2, 0.25) is 11.6 Å². The molecule has 28 heavy (non-hydrogen) atoms. The van der Waals surface area contributed by atoms with E-state index in [-0.39, 0.29) is 32.9 Å². The topological polar surface area (TPSA) is 147 Å². The van der Waals surface area contributed by atoms with Crippen molar-refractivity contribution in [3.63, 3.8) is 0 Å². The smallest absolute Gasteiger partial charge is 0.349 e. The molecule has 0 saturated heterocycles. The molecular weight excluding hydrogens is 411 g/mol. The number of hydrogen-bond donors (Lipinski definition) is 2. The van der Waals surface area contributed by atoms with Crippen LogP contribution in [0.5, 0.6) is 11.6 Å². The van der Waals surface area contributed by atoms with Gasteiger partial charge in [0.25, 0.3) is 11.1 Å². The fourth-order valence-electron chi connectivity index (χ4n) is 2.26. The molecule has 2 N–H and O–H groups in total. The number of nitriles is 1. The number of nitrogens with zero attached hydrogens (tertiary/aromatic N) is 4. The first-order valence-electron chi connectivity index (χ1n) is 7.73. The van der Waals surface area contributed by atoms with Crippen molar-refractivity contribution < 1.29 is 4.74 Å². The average Bonchev–Trinajstić information content (AvgIpc) is 2.66. The molecule has 0 bridgehead atoms. The third kappa shape index (κ3) is 3.66. The van der Waals surface area contributed by atoms with Gasteiger partial charge in [-0.1, -0.05) is 30.1 Å². The highest BCUT2D eigenvalue weighted by molar-refractivity contribution is 6.37. The van der Waals surface area contributed by atoms with Crippen LogP contribution in [0.1, 0.15) is 18.2 Å². The molecule has 10 nitrogen and oxygen atoms in total. The van der Waals surface area contributed by atoms with Crippen LogP contribution >= 0.6 is 23.2 Å². The SMILES string of the molecule is CCc1cc(Oc2c(Cl)cc(-n3nc(C#N)c(=O)[nH]c3=O)cc2Cl)n[nH]c1=O.